The zero-order valence-corrected chi connectivity index (χ0v) is 10.5. The van der Waals surface area contributed by atoms with Gasteiger partial charge in [0.15, 0.2) is 0 Å². The fraction of sp³-hybridized carbons (Fsp3) is 1.00. The summed E-state index contributed by atoms with van der Waals surface area (Å²) in [5.74, 6) is 3.83. The smallest absolute Gasteiger partial charge is 0.0660 e. The van der Waals surface area contributed by atoms with Crippen LogP contribution in [0.5, 0.6) is 0 Å². The van der Waals surface area contributed by atoms with Crippen LogP contribution in [0.15, 0.2) is 0 Å². The van der Waals surface area contributed by atoms with Crippen LogP contribution in [0.4, 0.5) is 0 Å². The summed E-state index contributed by atoms with van der Waals surface area (Å²) in [6.45, 7) is 4.93. The maximum absolute atomic E-state index is 2.76. The van der Waals surface area contributed by atoms with Crippen LogP contribution >= 0.6 is 0 Å². The second-order valence-corrected chi connectivity index (χ2v) is 6.04. The molecule has 0 heterocycles. The first kappa shape index (κ1) is 11.5. The molecular formula is C14H26B. The van der Waals surface area contributed by atoms with E-state index in [1.165, 1.54) is 51.4 Å². The molecule has 0 aromatic carbocycles. The topological polar surface area (TPSA) is 0 Å². The largest absolute Gasteiger partial charge is 0.118 e. The molecule has 85 valence electrons. The third-order valence-corrected chi connectivity index (χ3v) is 4.85. The first-order chi connectivity index (χ1) is 7.27. The van der Waals surface area contributed by atoms with Crippen molar-refractivity contribution >= 4 is 7.28 Å². The molecule has 0 spiro atoms. The Hall–Kier alpha value is 0.0649. The summed E-state index contributed by atoms with van der Waals surface area (Å²) >= 11 is 0. The Bertz CT molecular complexity index is 170. The standard InChI is InChI=1S/C14H26B/c1-11-7-3-5-9-13(11)15-14-10-6-4-8-12(14)2/h11-14H,3-10H2,1-2H3/t11-,12+,13-,14+. The van der Waals surface area contributed by atoms with E-state index in [4.69, 9.17) is 0 Å². The normalized spacial score (nSPS) is 42.5. The summed E-state index contributed by atoms with van der Waals surface area (Å²) < 4.78 is 0. The Labute approximate surface area is 96.5 Å². The molecule has 0 amide bonds. The third-order valence-electron chi connectivity index (χ3n) is 4.85. The molecule has 0 saturated heterocycles. The van der Waals surface area contributed by atoms with Crippen LogP contribution in [0.3, 0.4) is 0 Å². The Balaban J connectivity index is 1.83. The molecule has 2 aliphatic carbocycles. The van der Waals surface area contributed by atoms with E-state index in [1.807, 2.05) is 0 Å². The highest BCUT2D eigenvalue weighted by Crippen LogP contribution is 2.41. The number of hydrogen-bond donors (Lipinski definition) is 0. The Morgan fingerprint density at radius 1 is 0.667 bits per heavy atom. The highest BCUT2D eigenvalue weighted by Gasteiger charge is 2.29. The van der Waals surface area contributed by atoms with E-state index in [9.17, 15) is 0 Å². The van der Waals surface area contributed by atoms with E-state index in [-0.39, 0.29) is 0 Å². The van der Waals surface area contributed by atoms with E-state index in [0.29, 0.717) is 0 Å². The van der Waals surface area contributed by atoms with Crippen LogP contribution in [0.25, 0.3) is 0 Å². The first-order valence-corrected chi connectivity index (χ1v) is 7.12. The predicted molar refractivity (Wildman–Crippen MR) is 68.5 cm³/mol. The maximum Gasteiger partial charge on any atom is 0.118 e. The summed E-state index contributed by atoms with van der Waals surface area (Å²) in [5.41, 5.74) is 0. The summed E-state index contributed by atoms with van der Waals surface area (Å²) in [6, 6.07) is 0. The van der Waals surface area contributed by atoms with E-state index in [2.05, 4.69) is 21.1 Å². The molecule has 1 radical (unpaired) electrons. The van der Waals surface area contributed by atoms with Gasteiger partial charge >= 0.3 is 0 Å². The predicted octanol–water partition coefficient (Wildman–Crippen LogP) is 4.69. The SMILES string of the molecule is C[C@@H]1CCCC[C@H]1[B][C@H]1CCCC[C@@H]1C. The van der Waals surface area contributed by atoms with Crippen LogP contribution in [0.1, 0.15) is 65.2 Å². The minimum atomic E-state index is 0.948. The zero-order chi connectivity index (χ0) is 10.7. The van der Waals surface area contributed by atoms with Gasteiger partial charge in [0.25, 0.3) is 0 Å². The molecule has 0 aliphatic heterocycles. The van der Waals surface area contributed by atoms with Crippen molar-refractivity contribution in [2.45, 2.75) is 76.8 Å². The lowest BCUT2D eigenvalue weighted by Gasteiger charge is -2.35. The van der Waals surface area contributed by atoms with Gasteiger partial charge in [0, 0.05) is 0 Å². The van der Waals surface area contributed by atoms with E-state index < -0.39 is 0 Å². The molecule has 1 heteroatoms. The second-order valence-electron chi connectivity index (χ2n) is 6.04. The molecule has 2 aliphatic rings. The molecule has 0 N–H and O–H groups in total. The van der Waals surface area contributed by atoms with Gasteiger partial charge in [-0.1, -0.05) is 76.8 Å². The van der Waals surface area contributed by atoms with Gasteiger partial charge in [-0.25, -0.2) is 0 Å². The van der Waals surface area contributed by atoms with Gasteiger partial charge < -0.3 is 0 Å². The Morgan fingerprint density at radius 3 is 1.47 bits per heavy atom. The lowest BCUT2D eigenvalue weighted by atomic mass is 9.44. The van der Waals surface area contributed by atoms with Crippen molar-refractivity contribution < 1.29 is 0 Å². The third kappa shape index (κ3) is 3.01. The van der Waals surface area contributed by atoms with E-state index >= 15 is 0 Å². The van der Waals surface area contributed by atoms with Gasteiger partial charge in [-0.05, 0) is 11.8 Å². The van der Waals surface area contributed by atoms with Crippen LogP contribution in [-0.2, 0) is 0 Å². The summed E-state index contributed by atoms with van der Waals surface area (Å²) in [6.07, 6.45) is 11.8. The fourth-order valence-corrected chi connectivity index (χ4v) is 3.58. The number of hydrogen-bond acceptors (Lipinski definition) is 0. The minimum Gasteiger partial charge on any atom is -0.0660 e. The van der Waals surface area contributed by atoms with Crippen LogP contribution in [0.2, 0.25) is 11.6 Å². The average Bonchev–Trinajstić information content (AvgIpc) is 2.24. The van der Waals surface area contributed by atoms with Gasteiger partial charge in [0.05, 0.1) is 0 Å². The number of rotatable bonds is 2. The van der Waals surface area contributed by atoms with Crippen molar-refractivity contribution in [2.24, 2.45) is 11.8 Å². The highest BCUT2D eigenvalue weighted by molar-refractivity contribution is 6.39. The minimum absolute atomic E-state index is 0.948. The maximum atomic E-state index is 2.76. The van der Waals surface area contributed by atoms with Crippen molar-refractivity contribution in [3.05, 3.63) is 0 Å². The van der Waals surface area contributed by atoms with Gasteiger partial charge in [-0.2, -0.15) is 0 Å². The van der Waals surface area contributed by atoms with Crippen LogP contribution in [-0.4, -0.2) is 7.28 Å². The lowest BCUT2D eigenvalue weighted by Crippen LogP contribution is -2.25. The zero-order valence-electron chi connectivity index (χ0n) is 10.5. The molecule has 0 aromatic heterocycles. The van der Waals surface area contributed by atoms with Gasteiger partial charge in [-0.3, -0.25) is 0 Å². The molecule has 0 aromatic rings. The van der Waals surface area contributed by atoms with Crippen molar-refractivity contribution in [2.75, 3.05) is 0 Å². The highest BCUT2D eigenvalue weighted by atomic mass is 14.2. The van der Waals surface area contributed by atoms with Crippen molar-refractivity contribution in [1.29, 1.82) is 0 Å². The molecule has 2 saturated carbocycles. The van der Waals surface area contributed by atoms with Crippen molar-refractivity contribution in [1.82, 2.24) is 0 Å². The second kappa shape index (κ2) is 5.41. The molecule has 2 rings (SSSR count). The van der Waals surface area contributed by atoms with Gasteiger partial charge in [0.1, 0.15) is 7.28 Å². The summed E-state index contributed by atoms with van der Waals surface area (Å²) in [4.78, 5) is 0. The lowest BCUT2D eigenvalue weighted by molar-refractivity contribution is 0.353. The van der Waals surface area contributed by atoms with E-state index in [0.717, 1.165) is 23.5 Å². The van der Waals surface area contributed by atoms with Crippen LogP contribution < -0.4 is 0 Å². The van der Waals surface area contributed by atoms with E-state index in [1.54, 1.807) is 0 Å². The molecule has 0 unspecified atom stereocenters. The average molecular weight is 205 g/mol. The van der Waals surface area contributed by atoms with Gasteiger partial charge in [0.2, 0.25) is 0 Å². The molecule has 0 nitrogen and oxygen atoms in total. The monoisotopic (exact) mass is 205 g/mol. The van der Waals surface area contributed by atoms with Crippen molar-refractivity contribution in [3.8, 4) is 0 Å². The summed E-state index contributed by atoms with van der Waals surface area (Å²) in [5, 5.41) is 0. The molecule has 4 atom stereocenters. The first-order valence-electron chi connectivity index (χ1n) is 7.12. The Kier molecular flexibility index (Phi) is 4.17. The molecule has 2 fully saturated rings. The van der Waals surface area contributed by atoms with Crippen LogP contribution in [0, 0.1) is 11.8 Å². The van der Waals surface area contributed by atoms with Crippen molar-refractivity contribution in [3.63, 3.8) is 0 Å². The summed E-state index contributed by atoms with van der Waals surface area (Å²) in [7, 11) is 2.76. The fourth-order valence-electron chi connectivity index (χ4n) is 3.58. The quantitative estimate of drug-likeness (QED) is 0.574. The Morgan fingerprint density at radius 2 is 1.07 bits per heavy atom. The van der Waals surface area contributed by atoms with Gasteiger partial charge in [-0.15, -0.1) is 0 Å². The molecule has 15 heavy (non-hydrogen) atoms. The molecular weight excluding hydrogens is 179 g/mol. The molecule has 0 bridgehead atoms.